The first-order valence-corrected chi connectivity index (χ1v) is 21.7. The van der Waals surface area contributed by atoms with Crippen LogP contribution < -0.4 is 5.32 Å². The summed E-state index contributed by atoms with van der Waals surface area (Å²) < 4.78 is 6.42. The van der Waals surface area contributed by atoms with E-state index in [9.17, 15) is 24.3 Å². The fraction of sp³-hybridized carbons (Fsp3) is 0.723. The van der Waals surface area contributed by atoms with E-state index in [0.717, 1.165) is 74.4 Å². The Morgan fingerprint density at radius 3 is 2.30 bits per heavy atom. The molecule has 0 spiro atoms. The zero-order valence-electron chi connectivity index (χ0n) is 35.3. The van der Waals surface area contributed by atoms with Gasteiger partial charge in [0.2, 0.25) is 0 Å². The third-order valence-electron chi connectivity index (χ3n) is 18.1. The first-order chi connectivity index (χ1) is 26.2. The van der Waals surface area contributed by atoms with Crippen molar-refractivity contribution in [1.29, 1.82) is 0 Å². The van der Waals surface area contributed by atoms with E-state index in [2.05, 4.69) is 63.8 Å². The minimum atomic E-state index is -0.829. The van der Waals surface area contributed by atoms with E-state index < -0.39 is 17.3 Å². The zero-order valence-corrected chi connectivity index (χ0v) is 35.3. The van der Waals surface area contributed by atoms with Crippen LogP contribution in [0, 0.1) is 68.0 Å². The van der Waals surface area contributed by atoms with Crippen molar-refractivity contribution in [2.45, 2.75) is 139 Å². The number of para-hydroxylation sites is 2. The number of allylic oxidation sites excluding steroid dienone is 2. The number of ether oxygens (including phenoxy) is 1. The molecule has 8 rings (SSSR count). The Hall–Kier alpha value is -3.49. The number of carbonyl (C=O) groups is 4. The summed E-state index contributed by atoms with van der Waals surface area (Å²) in [6.07, 6.45) is 9.74. The van der Waals surface area contributed by atoms with Crippen LogP contribution in [-0.4, -0.2) is 51.4 Å². The van der Waals surface area contributed by atoms with Gasteiger partial charge in [-0.1, -0.05) is 80.0 Å². The third kappa shape index (κ3) is 5.47. The number of aliphatic carboxylic acids is 1. The summed E-state index contributed by atoms with van der Waals surface area (Å²) in [6.45, 7) is 21.0. The second-order valence-electron chi connectivity index (χ2n) is 21.4. The number of hydrogen-bond acceptors (Lipinski definition) is 6. The molecular weight excluding hydrogens is 703 g/mol. The number of rotatable bonds is 8. The lowest BCUT2D eigenvalue weighted by molar-refractivity contribution is -0.236. The van der Waals surface area contributed by atoms with Crippen molar-refractivity contribution < 1.29 is 29.0 Å². The molecule has 5 saturated carbocycles. The van der Waals surface area contributed by atoms with Gasteiger partial charge in [-0.05, 0) is 127 Å². The lowest BCUT2D eigenvalue weighted by atomic mass is 9.33. The third-order valence-corrected chi connectivity index (χ3v) is 18.1. The van der Waals surface area contributed by atoms with Gasteiger partial charge in [-0.2, -0.15) is 0 Å². The van der Waals surface area contributed by atoms with Gasteiger partial charge in [0, 0.05) is 23.8 Å². The number of esters is 1. The minimum absolute atomic E-state index is 0.0367. The van der Waals surface area contributed by atoms with Crippen LogP contribution in [0.3, 0.4) is 0 Å². The number of carboxylic acid groups (broad SMARTS) is 1. The van der Waals surface area contributed by atoms with Crippen molar-refractivity contribution in [3.63, 3.8) is 0 Å². The number of nitrogens with one attached hydrogen (secondary N) is 2. The molecule has 1 aromatic carbocycles. The number of hydrogen-bond donors (Lipinski definition) is 3. The molecule has 1 amide bonds. The van der Waals surface area contributed by atoms with Crippen LogP contribution in [0.2, 0.25) is 0 Å². The molecule has 9 nitrogen and oxygen atoms in total. The number of nitrogens with zero attached hydrogens (tertiary/aromatic N) is 1. The van der Waals surface area contributed by atoms with Crippen LogP contribution >= 0.6 is 0 Å². The van der Waals surface area contributed by atoms with Gasteiger partial charge in [-0.25, -0.2) is 4.98 Å². The number of carboxylic acids is 1. The van der Waals surface area contributed by atoms with Crippen molar-refractivity contribution in [2.75, 3.05) is 6.54 Å². The molecule has 0 radical (unpaired) electrons. The molecular formula is C47H65N3O6. The van der Waals surface area contributed by atoms with Crippen molar-refractivity contribution in [1.82, 2.24) is 15.3 Å². The Kier molecular flexibility index (Phi) is 9.14. The number of aromatic nitrogens is 2. The monoisotopic (exact) mass is 767 g/mol. The van der Waals surface area contributed by atoms with Gasteiger partial charge in [0.05, 0.1) is 22.9 Å². The highest BCUT2D eigenvalue weighted by Crippen LogP contribution is 2.77. The van der Waals surface area contributed by atoms with Gasteiger partial charge in [0.25, 0.3) is 5.91 Å². The molecule has 1 heterocycles. The van der Waals surface area contributed by atoms with Crippen molar-refractivity contribution in [3.05, 3.63) is 41.2 Å². The van der Waals surface area contributed by atoms with Gasteiger partial charge >= 0.3 is 11.9 Å². The number of Topliss-reactive ketones (excluding diaryl/α,β-unsaturated/α-hetero) is 1. The van der Waals surface area contributed by atoms with Gasteiger partial charge in [0.1, 0.15) is 6.10 Å². The largest absolute Gasteiger partial charge is 0.481 e. The van der Waals surface area contributed by atoms with E-state index in [1.807, 2.05) is 38.1 Å². The Labute approximate surface area is 333 Å². The summed E-state index contributed by atoms with van der Waals surface area (Å²) in [4.78, 5) is 60.5. The summed E-state index contributed by atoms with van der Waals surface area (Å²) in [5, 5.41) is 12.8. The maximum atomic E-state index is 14.1. The molecule has 6 aliphatic rings. The molecule has 6 aliphatic carbocycles. The van der Waals surface area contributed by atoms with Gasteiger partial charge < -0.3 is 20.1 Å². The van der Waals surface area contributed by atoms with E-state index in [0.29, 0.717) is 48.7 Å². The lowest BCUT2D eigenvalue weighted by Crippen LogP contribution is -2.66. The standard InChI is InChI=1S/C47H65N3O6/c1-26(2)36-32(51)25-47(22-23-48-39(52)38-49-30-12-10-11-13-31(30)50-38)21-20-45(8)27(37(36)47)14-15-34-44(7)18-17-35(43(5,6)33(44)16-19-46(34,45)9)56-41(55)29-24-28(40(53)54)42(29,3)4/h10-13,26-29,33-35H,14-25H2,1-9H3,(H,48,52)(H,49,50)(H,53,54)/t27-,28+,29-,33+,34-,35+,44+,45-,46-,47-/m1/s1. The molecule has 304 valence electrons. The normalized spacial score (nSPS) is 39.6. The number of amides is 1. The van der Waals surface area contributed by atoms with E-state index in [1.165, 1.54) is 5.57 Å². The van der Waals surface area contributed by atoms with Crippen molar-refractivity contribution in [3.8, 4) is 0 Å². The van der Waals surface area contributed by atoms with Crippen molar-refractivity contribution >= 4 is 34.7 Å². The summed E-state index contributed by atoms with van der Waals surface area (Å²) in [5.41, 5.74) is 3.29. The average molecular weight is 768 g/mol. The number of ketones is 1. The van der Waals surface area contributed by atoms with Crippen LogP contribution in [0.1, 0.15) is 144 Å². The quantitative estimate of drug-likeness (QED) is 0.228. The lowest BCUT2D eigenvalue weighted by Gasteiger charge is -2.72. The highest BCUT2D eigenvalue weighted by molar-refractivity contribution is 6.00. The number of benzene rings is 1. The molecule has 1 aromatic heterocycles. The molecule has 10 atom stereocenters. The van der Waals surface area contributed by atoms with Gasteiger partial charge in [-0.3, -0.25) is 19.2 Å². The molecule has 9 heteroatoms. The van der Waals surface area contributed by atoms with Gasteiger partial charge in [-0.15, -0.1) is 0 Å². The Morgan fingerprint density at radius 2 is 1.62 bits per heavy atom. The molecule has 2 aromatic rings. The number of imidazole rings is 1. The zero-order chi connectivity index (χ0) is 40.4. The highest BCUT2D eigenvalue weighted by atomic mass is 16.5. The van der Waals surface area contributed by atoms with Crippen LogP contribution in [0.15, 0.2) is 35.4 Å². The fourth-order valence-electron chi connectivity index (χ4n) is 14.8. The number of carbonyl (C=O) groups excluding carboxylic acids is 3. The summed E-state index contributed by atoms with van der Waals surface area (Å²) in [5.74, 6) is -0.105. The SMILES string of the molecule is CC(C)C1=C2[C@H]3CC[C@@H]4[C@@]5(C)CC[C@H](OC(=O)[C@H]6C[C@@H](C(=O)O)C6(C)C)C(C)(C)[C@@H]5CC[C@@]4(C)[C@]3(C)CC[C@@]2(CCNC(=O)c2nc3ccccc3[nH]2)CC1=O. The van der Waals surface area contributed by atoms with Crippen LogP contribution in [0.5, 0.6) is 0 Å². The average Bonchev–Trinajstić information content (AvgIpc) is 3.68. The second-order valence-corrected chi connectivity index (χ2v) is 21.4. The first kappa shape index (κ1) is 39.3. The van der Waals surface area contributed by atoms with Crippen LogP contribution in [-0.2, 0) is 19.1 Å². The highest BCUT2D eigenvalue weighted by Gasteiger charge is 2.70. The molecule has 0 unspecified atom stereocenters. The molecule has 0 bridgehead atoms. The Morgan fingerprint density at radius 1 is 0.893 bits per heavy atom. The van der Waals surface area contributed by atoms with Crippen molar-refractivity contribution in [2.24, 2.45) is 68.0 Å². The molecule has 0 aliphatic heterocycles. The maximum absolute atomic E-state index is 14.1. The topological polar surface area (TPSA) is 138 Å². The number of fused-ring (bicyclic) bond motifs is 8. The summed E-state index contributed by atoms with van der Waals surface area (Å²) in [7, 11) is 0. The van der Waals surface area contributed by atoms with E-state index in [1.54, 1.807) is 0 Å². The fourth-order valence-corrected chi connectivity index (χ4v) is 14.8. The second kappa shape index (κ2) is 13.0. The number of H-pyrrole nitrogens is 1. The number of aromatic amines is 1. The molecule has 56 heavy (non-hydrogen) atoms. The first-order valence-electron chi connectivity index (χ1n) is 21.7. The van der Waals surface area contributed by atoms with Gasteiger partial charge in [0.15, 0.2) is 11.6 Å². The minimum Gasteiger partial charge on any atom is -0.481 e. The summed E-state index contributed by atoms with van der Waals surface area (Å²) in [6, 6.07) is 7.67. The molecule has 0 saturated heterocycles. The predicted octanol–water partition coefficient (Wildman–Crippen LogP) is 9.32. The van der Waals surface area contributed by atoms with Crippen LogP contribution in [0.4, 0.5) is 0 Å². The summed E-state index contributed by atoms with van der Waals surface area (Å²) >= 11 is 0. The Balaban J connectivity index is 1.02. The van der Waals surface area contributed by atoms with E-state index in [4.69, 9.17) is 4.74 Å². The van der Waals surface area contributed by atoms with E-state index >= 15 is 0 Å². The smallest absolute Gasteiger partial charge is 0.309 e. The Bertz CT molecular complexity index is 1980. The van der Waals surface area contributed by atoms with E-state index in [-0.39, 0.29) is 56.9 Å². The van der Waals surface area contributed by atoms with Crippen LogP contribution in [0.25, 0.3) is 11.0 Å². The molecule has 3 N–H and O–H groups in total. The molecule has 5 fully saturated rings. The maximum Gasteiger partial charge on any atom is 0.309 e. The predicted molar refractivity (Wildman–Crippen MR) is 215 cm³/mol.